The van der Waals surface area contributed by atoms with E-state index in [-0.39, 0.29) is 41.8 Å². The van der Waals surface area contributed by atoms with Crippen LogP contribution in [0.2, 0.25) is 5.02 Å². The van der Waals surface area contributed by atoms with Crippen molar-refractivity contribution in [2.45, 2.75) is 23.3 Å². The Balaban J connectivity index is 1.81. The predicted octanol–water partition coefficient (Wildman–Crippen LogP) is 1.04. The average Bonchev–Trinajstić information content (AvgIpc) is 2.72. The number of rotatable bonds is 2. The Morgan fingerprint density at radius 2 is 1.78 bits per heavy atom. The largest absolute Gasteiger partial charge is 0.324 e. The summed E-state index contributed by atoms with van der Waals surface area (Å²) in [7, 11) is -2.30. The van der Waals surface area contributed by atoms with Crippen LogP contribution >= 0.6 is 11.6 Å². The molecule has 7 nitrogen and oxygen atoms in total. The number of carbonyl (C=O) groups excluding carboxylic acids is 2. The van der Waals surface area contributed by atoms with Crippen LogP contribution in [0.1, 0.15) is 12.8 Å². The fraction of sp³-hybridized carbons (Fsp3) is 0.429. The molecule has 23 heavy (non-hydrogen) atoms. The molecule has 9 heteroatoms. The number of hydrogen-bond donors (Lipinski definition) is 1. The van der Waals surface area contributed by atoms with Gasteiger partial charge in [-0.3, -0.25) is 9.69 Å². The topological polar surface area (TPSA) is 86.8 Å². The van der Waals surface area contributed by atoms with Crippen molar-refractivity contribution in [3.8, 4) is 0 Å². The summed E-state index contributed by atoms with van der Waals surface area (Å²) in [6.45, 7) is 0.292. The van der Waals surface area contributed by atoms with Crippen LogP contribution in [0.5, 0.6) is 0 Å². The normalized spacial score (nSPS) is 21.7. The molecule has 0 aromatic heterocycles. The van der Waals surface area contributed by atoms with Gasteiger partial charge in [0.25, 0.3) is 5.91 Å². The molecule has 3 rings (SSSR count). The number of carbonyl (C=O) groups is 2. The molecule has 3 amide bonds. The number of likely N-dealkylation sites (N-methyl/N-ethyl adjacent to an activating group) is 1. The van der Waals surface area contributed by atoms with E-state index >= 15 is 0 Å². The molecular weight excluding hydrogens is 342 g/mol. The molecular formula is C14H16ClN3O4S. The van der Waals surface area contributed by atoms with E-state index in [0.717, 1.165) is 4.90 Å². The van der Waals surface area contributed by atoms with Crippen LogP contribution in [0.4, 0.5) is 4.79 Å². The molecule has 1 N–H and O–H groups in total. The highest BCUT2D eigenvalue weighted by atomic mass is 35.5. The van der Waals surface area contributed by atoms with Gasteiger partial charge in [0.05, 0.1) is 5.02 Å². The third kappa shape index (κ3) is 2.50. The van der Waals surface area contributed by atoms with Crippen molar-refractivity contribution < 1.29 is 18.0 Å². The molecule has 2 saturated heterocycles. The van der Waals surface area contributed by atoms with Crippen molar-refractivity contribution in [2.75, 3.05) is 20.1 Å². The van der Waals surface area contributed by atoms with E-state index < -0.39 is 21.6 Å². The van der Waals surface area contributed by atoms with E-state index in [1.807, 2.05) is 0 Å². The van der Waals surface area contributed by atoms with Crippen molar-refractivity contribution in [3.05, 3.63) is 29.3 Å². The number of piperidine rings is 1. The predicted molar refractivity (Wildman–Crippen MR) is 83.5 cm³/mol. The van der Waals surface area contributed by atoms with Crippen molar-refractivity contribution in [1.82, 2.24) is 14.5 Å². The van der Waals surface area contributed by atoms with Crippen LogP contribution in [0.3, 0.4) is 0 Å². The SMILES string of the molecule is CN1C(=O)NC2(CCN(S(=O)(=O)c3ccccc3Cl)CC2)C1=O. The Morgan fingerprint density at radius 1 is 1.17 bits per heavy atom. The second-order valence-electron chi connectivity index (χ2n) is 5.71. The fourth-order valence-electron chi connectivity index (χ4n) is 3.00. The maximum Gasteiger partial charge on any atom is 0.324 e. The molecule has 2 aliphatic heterocycles. The van der Waals surface area contributed by atoms with E-state index in [1.165, 1.54) is 23.5 Å². The Labute approximate surface area is 139 Å². The van der Waals surface area contributed by atoms with Crippen molar-refractivity contribution >= 4 is 33.6 Å². The van der Waals surface area contributed by atoms with Gasteiger partial charge in [-0.15, -0.1) is 0 Å². The number of nitrogens with one attached hydrogen (secondary N) is 1. The summed E-state index contributed by atoms with van der Waals surface area (Å²) >= 11 is 5.99. The molecule has 0 bridgehead atoms. The highest BCUT2D eigenvalue weighted by molar-refractivity contribution is 7.89. The van der Waals surface area contributed by atoms with Crippen molar-refractivity contribution in [1.29, 1.82) is 0 Å². The minimum absolute atomic E-state index is 0.0523. The van der Waals surface area contributed by atoms with Gasteiger partial charge in [0.2, 0.25) is 10.0 Å². The Bertz CT molecular complexity index is 772. The lowest BCUT2D eigenvalue weighted by Gasteiger charge is -2.36. The van der Waals surface area contributed by atoms with Gasteiger partial charge in [0.1, 0.15) is 10.4 Å². The zero-order chi connectivity index (χ0) is 16.8. The number of amides is 3. The van der Waals surface area contributed by atoms with Crippen LogP contribution in [-0.2, 0) is 14.8 Å². The lowest BCUT2D eigenvalue weighted by Crippen LogP contribution is -2.55. The van der Waals surface area contributed by atoms with E-state index in [2.05, 4.69) is 5.32 Å². The molecule has 2 heterocycles. The van der Waals surface area contributed by atoms with E-state index in [9.17, 15) is 18.0 Å². The average molecular weight is 358 g/mol. The third-order valence-corrected chi connectivity index (χ3v) is 6.79. The van der Waals surface area contributed by atoms with Crippen LogP contribution in [0.25, 0.3) is 0 Å². The van der Waals surface area contributed by atoms with E-state index in [1.54, 1.807) is 12.1 Å². The number of hydrogen-bond acceptors (Lipinski definition) is 4. The summed E-state index contributed by atoms with van der Waals surface area (Å²) < 4.78 is 26.7. The minimum atomic E-state index is -3.72. The first-order valence-corrected chi connectivity index (χ1v) is 8.95. The Morgan fingerprint density at radius 3 is 2.30 bits per heavy atom. The molecule has 1 aromatic rings. The molecule has 0 aliphatic carbocycles. The standard InChI is InChI=1S/C14H16ClN3O4S/c1-17-12(19)14(16-13(17)20)6-8-18(9-7-14)23(21,22)11-5-3-2-4-10(11)15/h2-5H,6-9H2,1H3,(H,16,20). The maximum atomic E-state index is 12.7. The van der Waals surface area contributed by atoms with Gasteiger partial charge in [-0.2, -0.15) is 4.31 Å². The number of nitrogens with zero attached hydrogens (tertiary/aromatic N) is 2. The first-order chi connectivity index (χ1) is 10.8. The summed E-state index contributed by atoms with van der Waals surface area (Å²) in [5, 5.41) is 2.85. The monoisotopic (exact) mass is 357 g/mol. The molecule has 0 unspecified atom stereocenters. The molecule has 0 atom stereocenters. The molecule has 124 valence electrons. The van der Waals surface area contributed by atoms with Crippen LogP contribution in [0, 0.1) is 0 Å². The van der Waals surface area contributed by atoms with E-state index in [0.29, 0.717) is 0 Å². The zero-order valence-corrected chi connectivity index (χ0v) is 14.0. The molecule has 2 fully saturated rings. The first kappa shape index (κ1) is 16.2. The fourth-order valence-corrected chi connectivity index (χ4v) is 4.93. The Hall–Kier alpha value is -1.64. The van der Waals surface area contributed by atoms with Crippen LogP contribution in [0.15, 0.2) is 29.2 Å². The number of urea groups is 1. The van der Waals surface area contributed by atoms with Gasteiger partial charge >= 0.3 is 6.03 Å². The zero-order valence-electron chi connectivity index (χ0n) is 12.5. The van der Waals surface area contributed by atoms with Gasteiger partial charge in [0.15, 0.2) is 0 Å². The first-order valence-electron chi connectivity index (χ1n) is 7.13. The summed E-state index contributed by atoms with van der Waals surface area (Å²) in [4.78, 5) is 25.0. The smallest absolute Gasteiger partial charge is 0.323 e. The van der Waals surface area contributed by atoms with Gasteiger partial charge in [-0.05, 0) is 25.0 Å². The molecule has 2 aliphatic rings. The summed E-state index contributed by atoms with van der Waals surface area (Å²) in [6, 6.07) is 5.81. The summed E-state index contributed by atoms with van der Waals surface area (Å²) in [5.41, 5.74) is -0.988. The van der Waals surface area contributed by atoms with Crippen molar-refractivity contribution in [3.63, 3.8) is 0 Å². The lowest BCUT2D eigenvalue weighted by atomic mass is 9.88. The highest BCUT2D eigenvalue weighted by Crippen LogP contribution is 2.32. The number of benzene rings is 1. The maximum absolute atomic E-state index is 12.7. The molecule has 0 radical (unpaired) electrons. The highest BCUT2D eigenvalue weighted by Gasteiger charge is 2.52. The second-order valence-corrected chi connectivity index (χ2v) is 8.02. The second kappa shape index (κ2) is 5.47. The van der Waals surface area contributed by atoms with Gasteiger partial charge in [0, 0.05) is 20.1 Å². The summed E-state index contributed by atoms with van der Waals surface area (Å²) in [6.07, 6.45) is 0.483. The summed E-state index contributed by atoms with van der Waals surface area (Å²) in [5.74, 6) is -0.308. The van der Waals surface area contributed by atoms with Gasteiger partial charge in [-0.25, -0.2) is 13.2 Å². The third-order valence-electron chi connectivity index (χ3n) is 4.40. The van der Waals surface area contributed by atoms with Crippen LogP contribution < -0.4 is 5.32 Å². The molecule has 0 saturated carbocycles. The van der Waals surface area contributed by atoms with Crippen LogP contribution in [-0.4, -0.2) is 55.2 Å². The van der Waals surface area contributed by atoms with Gasteiger partial charge < -0.3 is 5.32 Å². The quantitative estimate of drug-likeness (QED) is 0.801. The number of halogens is 1. The van der Waals surface area contributed by atoms with E-state index in [4.69, 9.17) is 11.6 Å². The van der Waals surface area contributed by atoms with Crippen molar-refractivity contribution in [2.24, 2.45) is 0 Å². The number of imide groups is 1. The van der Waals surface area contributed by atoms with Gasteiger partial charge in [-0.1, -0.05) is 23.7 Å². The number of sulfonamides is 1. The minimum Gasteiger partial charge on any atom is -0.323 e. The Kier molecular flexibility index (Phi) is 3.86. The lowest BCUT2D eigenvalue weighted by molar-refractivity contribution is -0.131. The molecule has 1 spiro atoms. The molecule has 1 aromatic carbocycles.